The molecule has 0 aromatic heterocycles. The van der Waals surface area contributed by atoms with Crippen molar-refractivity contribution in [3.8, 4) is 0 Å². The van der Waals surface area contributed by atoms with Crippen molar-refractivity contribution in [1.82, 2.24) is 9.80 Å². The van der Waals surface area contributed by atoms with Crippen molar-refractivity contribution in [2.24, 2.45) is 0 Å². The molecule has 2 aromatic carbocycles. The monoisotopic (exact) mass is 410 g/mol. The number of hydrogen-bond acceptors (Lipinski definition) is 4. The van der Waals surface area contributed by atoms with Gasteiger partial charge >= 0.3 is 0 Å². The van der Waals surface area contributed by atoms with Gasteiger partial charge in [-0.25, -0.2) is 0 Å². The van der Waals surface area contributed by atoms with E-state index in [4.69, 9.17) is 0 Å². The number of rotatable bonds is 8. The van der Waals surface area contributed by atoms with Gasteiger partial charge in [0.25, 0.3) is 11.8 Å². The van der Waals surface area contributed by atoms with Gasteiger partial charge in [0.1, 0.15) is 0 Å². The Labute approximate surface area is 178 Å². The maximum absolute atomic E-state index is 12.4. The molecule has 0 fully saturated rings. The molecular formula is C23H30N4O3. The number of aryl methyl sites for hydroxylation is 1. The van der Waals surface area contributed by atoms with Gasteiger partial charge in [-0.05, 0) is 62.7 Å². The molecule has 3 amide bonds. The zero-order valence-corrected chi connectivity index (χ0v) is 18.3. The van der Waals surface area contributed by atoms with E-state index in [2.05, 4.69) is 10.6 Å². The van der Waals surface area contributed by atoms with E-state index in [-0.39, 0.29) is 24.3 Å². The van der Waals surface area contributed by atoms with Crippen LogP contribution in [0.1, 0.15) is 40.1 Å². The predicted molar refractivity (Wildman–Crippen MR) is 120 cm³/mol. The molecule has 0 saturated heterocycles. The molecule has 2 N–H and O–H groups in total. The number of hydrogen-bond donors (Lipinski definition) is 2. The Kier molecular flexibility index (Phi) is 7.98. The van der Waals surface area contributed by atoms with Crippen LogP contribution in [0.3, 0.4) is 0 Å². The van der Waals surface area contributed by atoms with E-state index in [1.165, 1.54) is 4.90 Å². The Morgan fingerprint density at radius 3 is 2.03 bits per heavy atom. The number of carbonyl (C=O) groups is 3. The third-order valence-corrected chi connectivity index (χ3v) is 4.80. The highest BCUT2D eigenvalue weighted by molar-refractivity contribution is 5.97. The standard InChI is InChI=1S/C23H30N4O3/c1-6-27(7-2)23(30)17-10-12-19(13-11-17)25-21(28)15-24-20-14-18(9-8-16(20)3)22(29)26(4)5/h8-14,24H,6-7,15H2,1-5H3,(H,25,28). The van der Waals surface area contributed by atoms with Crippen LogP contribution >= 0.6 is 0 Å². The minimum absolute atomic E-state index is 0.0258. The molecular weight excluding hydrogens is 380 g/mol. The number of amides is 3. The molecule has 2 rings (SSSR count). The molecule has 0 unspecified atom stereocenters. The summed E-state index contributed by atoms with van der Waals surface area (Å²) >= 11 is 0. The summed E-state index contributed by atoms with van der Waals surface area (Å²) in [5.74, 6) is -0.342. The molecule has 30 heavy (non-hydrogen) atoms. The van der Waals surface area contributed by atoms with Gasteiger partial charge in [-0.15, -0.1) is 0 Å². The van der Waals surface area contributed by atoms with E-state index in [1.807, 2.05) is 26.8 Å². The summed E-state index contributed by atoms with van der Waals surface area (Å²) in [6.07, 6.45) is 0. The predicted octanol–water partition coefficient (Wildman–Crippen LogP) is 3.23. The first-order valence-corrected chi connectivity index (χ1v) is 10.0. The molecule has 0 aliphatic heterocycles. The Morgan fingerprint density at radius 2 is 1.47 bits per heavy atom. The number of nitrogens with zero attached hydrogens (tertiary/aromatic N) is 2. The first kappa shape index (κ1) is 22.9. The number of nitrogens with one attached hydrogen (secondary N) is 2. The summed E-state index contributed by atoms with van der Waals surface area (Å²) in [7, 11) is 3.40. The Hall–Kier alpha value is -3.35. The van der Waals surface area contributed by atoms with E-state index in [1.54, 1.807) is 55.4 Å². The molecule has 0 saturated carbocycles. The molecule has 0 radical (unpaired) electrons. The van der Waals surface area contributed by atoms with Crippen LogP contribution in [-0.2, 0) is 4.79 Å². The first-order chi connectivity index (χ1) is 14.3. The smallest absolute Gasteiger partial charge is 0.253 e. The molecule has 160 valence electrons. The molecule has 7 nitrogen and oxygen atoms in total. The van der Waals surface area contributed by atoms with Crippen LogP contribution < -0.4 is 10.6 Å². The van der Waals surface area contributed by atoms with Gasteiger partial charge < -0.3 is 20.4 Å². The second-order valence-electron chi connectivity index (χ2n) is 7.19. The highest BCUT2D eigenvalue weighted by Crippen LogP contribution is 2.18. The van der Waals surface area contributed by atoms with E-state index < -0.39 is 0 Å². The second-order valence-corrected chi connectivity index (χ2v) is 7.19. The van der Waals surface area contributed by atoms with Gasteiger partial charge in [0.05, 0.1) is 6.54 Å². The third-order valence-electron chi connectivity index (χ3n) is 4.80. The minimum atomic E-state index is -0.221. The highest BCUT2D eigenvalue weighted by Gasteiger charge is 2.13. The molecule has 0 atom stereocenters. The van der Waals surface area contributed by atoms with Crippen LogP contribution in [0, 0.1) is 6.92 Å². The van der Waals surface area contributed by atoms with Crippen molar-refractivity contribution >= 4 is 29.1 Å². The summed E-state index contributed by atoms with van der Waals surface area (Å²) in [6, 6.07) is 12.2. The average molecular weight is 411 g/mol. The molecule has 7 heteroatoms. The fourth-order valence-electron chi connectivity index (χ4n) is 2.97. The lowest BCUT2D eigenvalue weighted by Gasteiger charge is -2.18. The maximum Gasteiger partial charge on any atom is 0.253 e. The summed E-state index contributed by atoms with van der Waals surface area (Å²) in [5.41, 5.74) is 3.44. The Morgan fingerprint density at radius 1 is 0.867 bits per heavy atom. The van der Waals surface area contributed by atoms with Gasteiger partial charge in [0, 0.05) is 49.7 Å². The lowest BCUT2D eigenvalue weighted by Crippen LogP contribution is -2.30. The summed E-state index contributed by atoms with van der Waals surface area (Å²) in [6.45, 7) is 7.16. The van der Waals surface area contributed by atoms with E-state index >= 15 is 0 Å². The largest absolute Gasteiger partial charge is 0.376 e. The minimum Gasteiger partial charge on any atom is -0.376 e. The summed E-state index contributed by atoms with van der Waals surface area (Å²) < 4.78 is 0. The average Bonchev–Trinajstić information content (AvgIpc) is 2.73. The van der Waals surface area contributed by atoms with Crippen molar-refractivity contribution in [2.75, 3.05) is 44.4 Å². The summed E-state index contributed by atoms with van der Waals surface area (Å²) in [5, 5.41) is 5.89. The number of anilines is 2. The zero-order chi connectivity index (χ0) is 22.3. The maximum atomic E-state index is 12.4. The molecule has 0 bridgehead atoms. The van der Waals surface area contributed by atoms with E-state index in [9.17, 15) is 14.4 Å². The van der Waals surface area contributed by atoms with Gasteiger partial charge in [0.2, 0.25) is 5.91 Å². The molecule has 0 aliphatic rings. The topological polar surface area (TPSA) is 81.8 Å². The van der Waals surface area contributed by atoms with Gasteiger partial charge in [-0.1, -0.05) is 6.07 Å². The third kappa shape index (κ3) is 5.83. The van der Waals surface area contributed by atoms with Crippen molar-refractivity contribution < 1.29 is 14.4 Å². The fourth-order valence-corrected chi connectivity index (χ4v) is 2.97. The lowest BCUT2D eigenvalue weighted by atomic mass is 10.1. The quantitative estimate of drug-likeness (QED) is 0.700. The van der Waals surface area contributed by atoms with Crippen LogP contribution in [0.15, 0.2) is 42.5 Å². The van der Waals surface area contributed by atoms with Crippen molar-refractivity contribution in [2.45, 2.75) is 20.8 Å². The van der Waals surface area contributed by atoms with Gasteiger partial charge in [-0.3, -0.25) is 14.4 Å². The number of benzene rings is 2. The van der Waals surface area contributed by atoms with Gasteiger partial charge in [0.15, 0.2) is 0 Å². The SMILES string of the molecule is CCN(CC)C(=O)c1ccc(NC(=O)CNc2cc(C(=O)N(C)C)ccc2C)cc1. The Balaban J connectivity index is 1.97. The highest BCUT2D eigenvalue weighted by atomic mass is 16.2. The van der Waals surface area contributed by atoms with Crippen LogP contribution in [0.4, 0.5) is 11.4 Å². The van der Waals surface area contributed by atoms with Crippen LogP contribution in [0.2, 0.25) is 0 Å². The van der Waals surface area contributed by atoms with Crippen LogP contribution in [0.25, 0.3) is 0 Å². The van der Waals surface area contributed by atoms with Crippen LogP contribution in [0.5, 0.6) is 0 Å². The molecule has 0 aliphatic carbocycles. The molecule has 2 aromatic rings. The van der Waals surface area contributed by atoms with E-state index in [0.717, 1.165) is 11.3 Å². The van der Waals surface area contributed by atoms with Crippen molar-refractivity contribution in [3.63, 3.8) is 0 Å². The molecule has 0 heterocycles. The van der Waals surface area contributed by atoms with Gasteiger partial charge in [-0.2, -0.15) is 0 Å². The zero-order valence-electron chi connectivity index (χ0n) is 18.3. The first-order valence-electron chi connectivity index (χ1n) is 10.0. The van der Waals surface area contributed by atoms with E-state index in [0.29, 0.717) is 29.9 Å². The molecule has 0 spiro atoms. The lowest BCUT2D eigenvalue weighted by molar-refractivity contribution is -0.114. The van der Waals surface area contributed by atoms with Crippen molar-refractivity contribution in [1.29, 1.82) is 0 Å². The Bertz CT molecular complexity index is 903. The van der Waals surface area contributed by atoms with Crippen molar-refractivity contribution in [3.05, 3.63) is 59.2 Å². The summed E-state index contributed by atoms with van der Waals surface area (Å²) in [4.78, 5) is 40.1. The second kappa shape index (κ2) is 10.4. The number of carbonyl (C=O) groups excluding carboxylic acids is 3. The van der Waals surface area contributed by atoms with Crippen LogP contribution in [-0.4, -0.2) is 61.3 Å². The fraction of sp³-hybridized carbons (Fsp3) is 0.348. The normalized spacial score (nSPS) is 10.3.